The Labute approximate surface area is 185 Å². The molecule has 3 rings (SSSR count). The Balaban J connectivity index is 2.12. The van der Waals surface area contributed by atoms with Crippen LogP contribution in [0.25, 0.3) is 11.2 Å². The van der Waals surface area contributed by atoms with Crippen LogP contribution in [0.5, 0.6) is 0 Å². The van der Waals surface area contributed by atoms with Crippen molar-refractivity contribution in [1.29, 1.82) is 0 Å². The summed E-state index contributed by atoms with van der Waals surface area (Å²) in [5.41, 5.74) is 0.372. The molecule has 0 N–H and O–H groups in total. The van der Waals surface area contributed by atoms with Gasteiger partial charge in [0.1, 0.15) is 11.6 Å². The third-order valence-corrected chi connectivity index (χ3v) is 4.64. The van der Waals surface area contributed by atoms with Crippen molar-refractivity contribution in [1.82, 2.24) is 19.5 Å². The van der Waals surface area contributed by atoms with Crippen molar-refractivity contribution in [3.05, 3.63) is 16.8 Å². The number of imidazole rings is 1. The maximum Gasteiger partial charge on any atom is 0.303 e. The van der Waals surface area contributed by atoms with Crippen LogP contribution >= 0.6 is 23.2 Å². The molecule has 2 aromatic heterocycles. The molecule has 1 saturated heterocycles. The number of nitrogens with zero attached hydrogens (tertiary/aromatic N) is 4. The second kappa shape index (κ2) is 9.05. The molecule has 1 aliphatic rings. The summed E-state index contributed by atoms with van der Waals surface area (Å²) in [5.74, 6) is 0.221. The van der Waals surface area contributed by atoms with Gasteiger partial charge in [-0.25, -0.2) is 9.97 Å². The van der Waals surface area contributed by atoms with Gasteiger partial charge in [-0.1, -0.05) is 17.5 Å². The fraction of sp³-hybridized carbons (Fsp3) is 0.444. The highest BCUT2D eigenvalue weighted by Crippen LogP contribution is 2.38. The lowest BCUT2D eigenvalue weighted by Gasteiger charge is -2.25. The number of esters is 3. The van der Waals surface area contributed by atoms with E-state index in [4.69, 9.17) is 48.6 Å². The number of ether oxygens (including phenoxy) is 4. The maximum absolute atomic E-state index is 11.8. The van der Waals surface area contributed by atoms with Gasteiger partial charge in [0, 0.05) is 20.8 Å². The van der Waals surface area contributed by atoms with Crippen LogP contribution in [0.3, 0.4) is 0 Å². The second-order valence-corrected chi connectivity index (χ2v) is 7.14. The first kappa shape index (κ1) is 22.7. The minimum absolute atomic E-state index is 0.00900. The Morgan fingerprint density at radius 3 is 2.35 bits per heavy atom. The van der Waals surface area contributed by atoms with E-state index in [-0.39, 0.29) is 21.6 Å². The first-order chi connectivity index (χ1) is 14.6. The van der Waals surface area contributed by atoms with Crippen molar-refractivity contribution in [3.8, 4) is 12.3 Å². The molecule has 31 heavy (non-hydrogen) atoms. The number of fused-ring (bicyclic) bond motifs is 1. The van der Waals surface area contributed by atoms with Gasteiger partial charge >= 0.3 is 17.9 Å². The molecule has 11 nitrogen and oxygen atoms in total. The molecule has 0 spiro atoms. The molecular formula is C18H16Cl2N4O7. The van der Waals surface area contributed by atoms with Crippen molar-refractivity contribution in [2.45, 2.75) is 51.4 Å². The summed E-state index contributed by atoms with van der Waals surface area (Å²) in [6, 6.07) is 0. The van der Waals surface area contributed by atoms with Crippen molar-refractivity contribution in [3.63, 3.8) is 0 Å². The topological polar surface area (TPSA) is 132 Å². The van der Waals surface area contributed by atoms with E-state index in [2.05, 4.69) is 20.9 Å². The third kappa shape index (κ3) is 4.71. The number of hydrogen-bond acceptors (Lipinski definition) is 10. The number of hydrogen-bond donors (Lipinski definition) is 0. The van der Waals surface area contributed by atoms with Crippen LogP contribution in [0, 0.1) is 12.3 Å². The van der Waals surface area contributed by atoms with E-state index in [1.165, 1.54) is 17.8 Å². The lowest BCUT2D eigenvalue weighted by atomic mass is 10.0. The summed E-state index contributed by atoms with van der Waals surface area (Å²) in [6.45, 7) is 3.48. The summed E-state index contributed by atoms with van der Waals surface area (Å²) < 4.78 is 23.2. The molecule has 3 heterocycles. The molecule has 2 aromatic rings. The van der Waals surface area contributed by atoms with Crippen molar-refractivity contribution >= 4 is 52.3 Å². The van der Waals surface area contributed by atoms with Gasteiger partial charge in [0.25, 0.3) is 0 Å². The molecule has 0 saturated carbocycles. The first-order valence-electron chi connectivity index (χ1n) is 8.81. The molecule has 0 unspecified atom stereocenters. The van der Waals surface area contributed by atoms with E-state index in [9.17, 15) is 14.4 Å². The van der Waals surface area contributed by atoms with Gasteiger partial charge in [-0.2, -0.15) is 4.98 Å². The summed E-state index contributed by atoms with van der Waals surface area (Å²) in [5, 5.41) is -0.166. The standard InChI is InChI=1S/C18H16Cl2N4O7/c1-5-10(28-7(2)25)12-13(29-8(3)26)14(30-9(4)27)17(31-12)24-6-21-11-15(19)22-18(20)23-16(11)24/h1,6,10,12-14,17H,2-4H3/t10-,12-,13+,14+,17-/m1/s1. The SMILES string of the molecule is C#C[C@@H](OC(C)=O)[C@H]1O[C@@H](n2cnc3c(Cl)nc(Cl)nc32)[C@@H](OC(C)=O)[C@H]1OC(C)=O. The van der Waals surface area contributed by atoms with E-state index < -0.39 is 48.6 Å². The number of rotatable bonds is 5. The van der Waals surface area contributed by atoms with Crippen LogP contribution in [-0.2, 0) is 33.3 Å². The Morgan fingerprint density at radius 1 is 1.13 bits per heavy atom. The van der Waals surface area contributed by atoms with Crippen LogP contribution in [0.4, 0.5) is 0 Å². The summed E-state index contributed by atoms with van der Waals surface area (Å²) in [4.78, 5) is 47.1. The van der Waals surface area contributed by atoms with Gasteiger partial charge in [-0.05, 0) is 11.6 Å². The molecule has 0 bridgehead atoms. The fourth-order valence-electron chi connectivity index (χ4n) is 3.19. The van der Waals surface area contributed by atoms with E-state index in [1.807, 2.05) is 0 Å². The second-order valence-electron chi connectivity index (χ2n) is 6.44. The van der Waals surface area contributed by atoms with Gasteiger partial charge in [0.05, 0.1) is 6.33 Å². The number of halogens is 2. The molecule has 13 heteroatoms. The van der Waals surface area contributed by atoms with E-state index in [0.29, 0.717) is 0 Å². The van der Waals surface area contributed by atoms with Gasteiger partial charge in [0.2, 0.25) is 5.28 Å². The largest absolute Gasteiger partial charge is 0.455 e. The van der Waals surface area contributed by atoms with Crippen LogP contribution in [0.2, 0.25) is 10.4 Å². The Kier molecular flexibility index (Phi) is 6.64. The average molecular weight is 471 g/mol. The number of carbonyl (C=O) groups is 3. The fourth-order valence-corrected chi connectivity index (χ4v) is 3.61. The molecule has 0 aromatic carbocycles. The Hall–Kier alpha value is -2.94. The van der Waals surface area contributed by atoms with Crippen LogP contribution in [-0.4, -0.2) is 61.8 Å². The van der Waals surface area contributed by atoms with Gasteiger partial charge in [0.15, 0.2) is 35.3 Å². The highest BCUT2D eigenvalue weighted by Gasteiger charge is 2.54. The van der Waals surface area contributed by atoms with Gasteiger partial charge < -0.3 is 18.9 Å². The smallest absolute Gasteiger partial charge is 0.303 e. The van der Waals surface area contributed by atoms with Crippen LogP contribution in [0.15, 0.2) is 6.33 Å². The van der Waals surface area contributed by atoms with Crippen molar-refractivity contribution in [2.24, 2.45) is 0 Å². The average Bonchev–Trinajstić information content (AvgIpc) is 3.21. The summed E-state index contributed by atoms with van der Waals surface area (Å²) in [7, 11) is 0. The molecule has 1 fully saturated rings. The first-order valence-corrected chi connectivity index (χ1v) is 9.56. The van der Waals surface area contributed by atoms with E-state index in [1.54, 1.807) is 0 Å². The van der Waals surface area contributed by atoms with Crippen molar-refractivity contribution in [2.75, 3.05) is 0 Å². The quantitative estimate of drug-likeness (QED) is 0.208. The highest BCUT2D eigenvalue weighted by atomic mass is 35.5. The number of terminal acetylenes is 1. The predicted molar refractivity (Wildman–Crippen MR) is 105 cm³/mol. The molecular weight excluding hydrogens is 455 g/mol. The summed E-state index contributed by atoms with van der Waals surface area (Å²) in [6.07, 6.45) is 0.868. The normalized spacial score (nSPS) is 23.7. The van der Waals surface area contributed by atoms with Gasteiger partial charge in [-0.3, -0.25) is 19.0 Å². The summed E-state index contributed by atoms with van der Waals surface area (Å²) >= 11 is 12.0. The Morgan fingerprint density at radius 2 is 1.77 bits per heavy atom. The molecule has 0 radical (unpaired) electrons. The molecule has 5 atom stereocenters. The van der Waals surface area contributed by atoms with Gasteiger partial charge in [-0.15, -0.1) is 6.42 Å². The lowest BCUT2D eigenvalue weighted by molar-refractivity contribution is -0.167. The molecule has 164 valence electrons. The van der Waals surface area contributed by atoms with Crippen LogP contribution in [0.1, 0.15) is 27.0 Å². The highest BCUT2D eigenvalue weighted by molar-refractivity contribution is 6.35. The van der Waals surface area contributed by atoms with E-state index in [0.717, 1.165) is 13.8 Å². The zero-order valence-electron chi connectivity index (χ0n) is 16.4. The number of aromatic nitrogens is 4. The zero-order chi connectivity index (χ0) is 22.9. The minimum Gasteiger partial charge on any atom is -0.455 e. The Bertz CT molecular complexity index is 1080. The molecule has 1 aliphatic heterocycles. The van der Waals surface area contributed by atoms with E-state index >= 15 is 0 Å². The predicted octanol–water partition coefficient (Wildman–Crippen LogP) is 1.46. The zero-order valence-corrected chi connectivity index (χ0v) is 18.0. The minimum atomic E-state index is -1.25. The number of carbonyl (C=O) groups excluding carboxylic acids is 3. The lowest BCUT2D eigenvalue weighted by Crippen LogP contribution is -2.44. The third-order valence-electron chi connectivity index (χ3n) is 4.21. The molecule has 0 amide bonds. The van der Waals surface area contributed by atoms with Crippen molar-refractivity contribution < 1.29 is 33.3 Å². The monoisotopic (exact) mass is 470 g/mol. The maximum atomic E-state index is 11.8. The molecule has 0 aliphatic carbocycles. The van der Waals surface area contributed by atoms with Crippen LogP contribution < -0.4 is 0 Å².